The first-order chi connectivity index (χ1) is 29.5. The monoisotopic (exact) mass is 913 g/mol. The van der Waals surface area contributed by atoms with Gasteiger partial charge in [0.15, 0.2) is 31.5 Å². The zero-order valence-electron chi connectivity index (χ0n) is 33.3. The van der Waals surface area contributed by atoms with Crippen LogP contribution in [0.3, 0.4) is 0 Å². The number of unbranched alkanes of at least 4 members (excludes halogenated alkanes) is 2. The highest BCUT2D eigenvalue weighted by Crippen LogP contribution is 2.35. The fraction of sp³-hybridized carbons (Fsp3) is 1.00. The first-order valence-corrected chi connectivity index (χ1v) is 20.3. The maximum atomic E-state index is 11.7. The highest BCUT2D eigenvalue weighted by molar-refractivity contribution is 4.98. The van der Waals surface area contributed by atoms with E-state index in [1.54, 1.807) is 0 Å². The van der Waals surface area contributed by atoms with Gasteiger partial charge in [-0.1, -0.05) is 0 Å². The van der Waals surface area contributed by atoms with Crippen molar-refractivity contribution in [1.29, 1.82) is 0 Å². The quantitative estimate of drug-likeness (QED) is 0.0535. The molecule has 27 nitrogen and oxygen atoms in total. The van der Waals surface area contributed by atoms with E-state index in [0.717, 1.165) is 0 Å². The summed E-state index contributed by atoms with van der Waals surface area (Å²) in [5.74, 6) is 0. The van der Waals surface area contributed by atoms with E-state index >= 15 is 0 Å². The van der Waals surface area contributed by atoms with Gasteiger partial charge in [0, 0.05) is 6.61 Å². The predicted molar refractivity (Wildman–Crippen MR) is 193 cm³/mol. The molecule has 5 heterocycles. The number of aliphatic hydroxyl groups is 16. The van der Waals surface area contributed by atoms with E-state index in [9.17, 15) is 81.7 Å². The summed E-state index contributed by atoms with van der Waals surface area (Å²) in [7, 11) is 0. The summed E-state index contributed by atoms with van der Waals surface area (Å²) in [6.07, 6.45) is -43.6. The molecule has 18 N–H and O–H groups in total. The van der Waals surface area contributed by atoms with Gasteiger partial charge in [0.05, 0.1) is 33.0 Å². The molecule has 5 aliphatic heterocycles. The fourth-order valence-corrected chi connectivity index (χ4v) is 7.62. The van der Waals surface area contributed by atoms with Gasteiger partial charge in [0.1, 0.15) is 122 Å². The minimum atomic E-state index is -2.02. The van der Waals surface area contributed by atoms with E-state index in [1.807, 2.05) is 0 Å². The van der Waals surface area contributed by atoms with Crippen molar-refractivity contribution in [3.05, 3.63) is 0 Å². The number of ether oxygens (including phenoxy) is 10. The summed E-state index contributed by atoms with van der Waals surface area (Å²) in [6.45, 7) is -3.86. The van der Waals surface area contributed by atoms with Crippen molar-refractivity contribution in [1.82, 2.24) is 0 Å². The second-order valence-corrected chi connectivity index (χ2v) is 15.7. The minimum absolute atomic E-state index is 0.0264. The lowest BCUT2D eigenvalue weighted by Gasteiger charge is -2.49. The Kier molecular flexibility index (Phi) is 19.7. The van der Waals surface area contributed by atoms with Crippen molar-refractivity contribution in [2.45, 2.75) is 173 Å². The topological polar surface area (TPSA) is 442 Å². The zero-order valence-corrected chi connectivity index (χ0v) is 33.3. The number of hydrogen-bond acceptors (Lipinski definition) is 27. The third-order valence-electron chi connectivity index (χ3n) is 11.4. The summed E-state index contributed by atoms with van der Waals surface area (Å²) in [4.78, 5) is 0. The molecule has 0 aliphatic carbocycles. The van der Waals surface area contributed by atoms with Crippen molar-refractivity contribution in [3.8, 4) is 0 Å². The van der Waals surface area contributed by atoms with Gasteiger partial charge in [-0.3, -0.25) is 0 Å². The van der Waals surface area contributed by atoms with Crippen LogP contribution in [0.4, 0.5) is 0 Å². The normalized spacial score (nSPS) is 49.2. The van der Waals surface area contributed by atoms with Gasteiger partial charge in [-0.15, -0.1) is 0 Å². The molecule has 0 amide bonds. The lowest BCUT2D eigenvalue weighted by atomic mass is 9.96. The Labute approximate surface area is 353 Å². The van der Waals surface area contributed by atoms with E-state index in [0.29, 0.717) is 25.8 Å². The van der Waals surface area contributed by atoms with E-state index in [-0.39, 0.29) is 6.61 Å². The largest absolute Gasteiger partial charge is 0.394 e. The molecular formula is C35H63NO26. The van der Waals surface area contributed by atoms with Crippen molar-refractivity contribution in [2.75, 3.05) is 46.2 Å². The Balaban J connectivity index is 1.39. The van der Waals surface area contributed by atoms with Gasteiger partial charge < -0.3 is 135 Å². The van der Waals surface area contributed by atoms with Crippen molar-refractivity contribution < 1.29 is 129 Å². The minimum Gasteiger partial charge on any atom is -0.394 e. The average Bonchev–Trinajstić information content (AvgIpc) is 3.26. The maximum Gasteiger partial charge on any atom is 0.187 e. The molecule has 5 aliphatic rings. The molecule has 0 unspecified atom stereocenters. The Hall–Kier alpha value is -1.08. The molecule has 27 heteroatoms. The molecule has 0 spiro atoms. The van der Waals surface area contributed by atoms with Gasteiger partial charge in [-0.05, 0) is 25.8 Å². The molecule has 364 valence electrons. The molecule has 5 rings (SSSR count). The summed E-state index contributed by atoms with van der Waals surface area (Å²) in [5, 5.41) is 168. The second-order valence-electron chi connectivity index (χ2n) is 15.7. The van der Waals surface area contributed by atoms with E-state index < -0.39 is 187 Å². The first kappa shape index (κ1) is 51.9. The fourth-order valence-electron chi connectivity index (χ4n) is 7.62. The molecular weight excluding hydrogens is 850 g/mol. The Bertz CT molecular complexity index is 1310. The van der Waals surface area contributed by atoms with Crippen molar-refractivity contribution in [2.24, 2.45) is 5.73 Å². The van der Waals surface area contributed by atoms with Crippen LogP contribution in [-0.4, -0.2) is 281 Å². The molecule has 25 atom stereocenters. The third kappa shape index (κ3) is 11.5. The van der Waals surface area contributed by atoms with Crippen LogP contribution in [0.2, 0.25) is 0 Å². The van der Waals surface area contributed by atoms with Gasteiger partial charge >= 0.3 is 0 Å². The number of aliphatic hydroxyl groups excluding tert-OH is 16. The van der Waals surface area contributed by atoms with Gasteiger partial charge in [0.2, 0.25) is 0 Å². The molecule has 0 aromatic heterocycles. The van der Waals surface area contributed by atoms with Crippen LogP contribution >= 0.6 is 0 Å². The summed E-state index contributed by atoms with van der Waals surface area (Å²) >= 11 is 0. The number of rotatable bonds is 19. The molecule has 62 heavy (non-hydrogen) atoms. The molecule has 0 saturated carbocycles. The van der Waals surface area contributed by atoms with Crippen LogP contribution in [-0.2, 0) is 47.4 Å². The second kappa shape index (κ2) is 23.6. The number of nitrogens with two attached hydrogens (primary N) is 1. The van der Waals surface area contributed by atoms with E-state index in [1.165, 1.54) is 0 Å². The lowest BCUT2D eigenvalue weighted by Crippen LogP contribution is -2.67. The summed E-state index contributed by atoms with van der Waals surface area (Å²) in [6, 6.07) is 0. The lowest BCUT2D eigenvalue weighted by molar-refractivity contribution is -0.392. The summed E-state index contributed by atoms with van der Waals surface area (Å²) in [5.41, 5.74) is 5.58. The Morgan fingerprint density at radius 1 is 0.339 bits per heavy atom. The highest BCUT2D eigenvalue weighted by Gasteiger charge is 2.56. The first-order valence-electron chi connectivity index (χ1n) is 20.3. The third-order valence-corrected chi connectivity index (χ3v) is 11.4. The molecule has 5 fully saturated rings. The van der Waals surface area contributed by atoms with Crippen molar-refractivity contribution in [3.63, 3.8) is 0 Å². The Morgan fingerprint density at radius 2 is 0.742 bits per heavy atom. The maximum absolute atomic E-state index is 11.7. The van der Waals surface area contributed by atoms with Gasteiger partial charge in [-0.2, -0.15) is 0 Å². The molecule has 5 saturated heterocycles. The smallest absolute Gasteiger partial charge is 0.187 e. The van der Waals surface area contributed by atoms with Crippen LogP contribution in [0.25, 0.3) is 0 Å². The van der Waals surface area contributed by atoms with Gasteiger partial charge in [0.25, 0.3) is 0 Å². The highest BCUT2D eigenvalue weighted by atomic mass is 16.8. The van der Waals surface area contributed by atoms with E-state index in [2.05, 4.69) is 0 Å². The van der Waals surface area contributed by atoms with Crippen LogP contribution < -0.4 is 5.73 Å². The molecule has 0 radical (unpaired) electrons. The Morgan fingerprint density at radius 3 is 1.21 bits per heavy atom. The average molecular weight is 914 g/mol. The predicted octanol–water partition coefficient (Wildman–Crippen LogP) is -10.8. The molecule has 0 bridgehead atoms. The van der Waals surface area contributed by atoms with Crippen LogP contribution in [0.5, 0.6) is 0 Å². The molecule has 0 aromatic carbocycles. The van der Waals surface area contributed by atoms with E-state index in [4.69, 9.17) is 53.1 Å². The SMILES string of the molecule is NCCCCCO[C@@H]1O[C@H](CO[C@H]2O[C@H](CO)[C@@H](O)[C@H](O)[C@@H]2O[C@H]2O[C@H](CO)[C@@H](O)[C@H](O)[C@@H]2O)[C@@H](O)[C@H](O[C@H]2O[C@H](CO)[C@@H](O)[C@H](O)[C@@H]2O[C@H]2O[C@H](CO)[C@@H](O)[C@H](O)[C@@H]2O)[C@@H]1O. The van der Waals surface area contributed by atoms with Crippen LogP contribution in [0, 0.1) is 0 Å². The van der Waals surface area contributed by atoms with Gasteiger partial charge in [-0.25, -0.2) is 0 Å². The molecule has 0 aromatic rings. The number of hydrogen-bond donors (Lipinski definition) is 17. The van der Waals surface area contributed by atoms with Crippen LogP contribution in [0.1, 0.15) is 19.3 Å². The summed E-state index contributed by atoms with van der Waals surface area (Å²) < 4.78 is 57.0. The van der Waals surface area contributed by atoms with Crippen molar-refractivity contribution >= 4 is 0 Å². The zero-order chi connectivity index (χ0) is 45.6. The standard InChI is InChI=1S/C35H63NO26/c36-4-2-1-3-5-53-31-27(52)28(60-35-30(24(49)19(44)14(9-40)58-35)62-33-26(51)22(47)17(42)12(7-38)56-33)20(45)15(59-31)10-54-34-29(23(48)18(43)13(8-39)57-34)61-32-25(50)21(46)16(41)11(6-37)55-32/h11-35,37-52H,1-10,36H2/t11-,12-,13-,14-,15-,16-,17-,18-,19-,20-,21+,22+,23+,24+,25+,26+,27+,28+,29+,30+,31-,32-,33-,34+,35-/m1/s1. The van der Waals surface area contributed by atoms with Crippen LogP contribution in [0.15, 0.2) is 0 Å².